The van der Waals surface area contributed by atoms with Gasteiger partial charge in [0.15, 0.2) is 0 Å². The first-order valence-electron chi connectivity index (χ1n) is 6.12. The SMILES string of the molecule is C#CCN(CCC)C(=O)c1cc([N+](=O)[O-])cn1CC. The van der Waals surface area contributed by atoms with Gasteiger partial charge < -0.3 is 9.47 Å². The lowest BCUT2D eigenvalue weighted by molar-refractivity contribution is -0.384. The third kappa shape index (κ3) is 3.35. The van der Waals surface area contributed by atoms with Gasteiger partial charge in [-0.15, -0.1) is 6.42 Å². The van der Waals surface area contributed by atoms with Crippen LogP contribution in [0.25, 0.3) is 0 Å². The van der Waals surface area contributed by atoms with E-state index in [4.69, 9.17) is 6.42 Å². The van der Waals surface area contributed by atoms with E-state index in [0.717, 1.165) is 6.42 Å². The molecule has 0 atom stereocenters. The molecule has 1 aromatic heterocycles. The number of carbonyl (C=O) groups excluding carboxylic acids is 1. The largest absolute Gasteiger partial charge is 0.337 e. The van der Waals surface area contributed by atoms with Gasteiger partial charge in [0.2, 0.25) is 0 Å². The molecule has 0 aliphatic rings. The fourth-order valence-electron chi connectivity index (χ4n) is 1.83. The Labute approximate surface area is 112 Å². The van der Waals surface area contributed by atoms with E-state index >= 15 is 0 Å². The Bertz CT molecular complexity index is 514. The van der Waals surface area contributed by atoms with Crippen LogP contribution in [0.4, 0.5) is 5.69 Å². The van der Waals surface area contributed by atoms with Gasteiger partial charge in [-0.25, -0.2) is 0 Å². The first-order valence-corrected chi connectivity index (χ1v) is 6.12. The van der Waals surface area contributed by atoms with E-state index in [2.05, 4.69) is 5.92 Å². The molecule has 0 aliphatic heterocycles. The van der Waals surface area contributed by atoms with E-state index in [1.165, 1.54) is 17.2 Å². The molecule has 1 amide bonds. The molecule has 0 radical (unpaired) electrons. The fourth-order valence-corrected chi connectivity index (χ4v) is 1.83. The molecule has 0 aliphatic carbocycles. The lowest BCUT2D eigenvalue weighted by Crippen LogP contribution is -2.33. The van der Waals surface area contributed by atoms with Crippen molar-refractivity contribution in [2.45, 2.75) is 26.8 Å². The normalized spacial score (nSPS) is 9.95. The molecule has 0 fully saturated rings. The number of aryl methyl sites for hydroxylation is 1. The smallest absolute Gasteiger partial charge is 0.287 e. The van der Waals surface area contributed by atoms with E-state index in [1.807, 2.05) is 13.8 Å². The van der Waals surface area contributed by atoms with Crippen LogP contribution in [0.5, 0.6) is 0 Å². The Morgan fingerprint density at radius 3 is 2.74 bits per heavy atom. The maximum atomic E-state index is 12.3. The summed E-state index contributed by atoms with van der Waals surface area (Å²) < 4.78 is 1.57. The predicted molar refractivity (Wildman–Crippen MR) is 71.8 cm³/mol. The monoisotopic (exact) mass is 263 g/mol. The molecule has 0 saturated heterocycles. The summed E-state index contributed by atoms with van der Waals surface area (Å²) in [6.45, 7) is 5.00. The van der Waals surface area contributed by atoms with Crippen molar-refractivity contribution in [1.82, 2.24) is 9.47 Å². The van der Waals surface area contributed by atoms with Gasteiger partial charge in [-0.1, -0.05) is 12.8 Å². The standard InChI is InChI=1S/C13H17N3O3/c1-4-7-15(8-5-2)13(17)12-9-11(16(18)19)10-14(12)6-3/h1,9-10H,5-8H2,2-3H3. The average Bonchev–Trinajstić information content (AvgIpc) is 2.82. The van der Waals surface area contributed by atoms with Crippen LogP contribution in [0.3, 0.4) is 0 Å². The number of terminal acetylenes is 1. The molecule has 1 rings (SSSR count). The summed E-state index contributed by atoms with van der Waals surface area (Å²) in [5, 5.41) is 10.8. The first kappa shape index (κ1) is 14.8. The summed E-state index contributed by atoms with van der Waals surface area (Å²) in [6.07, 6.45) is 7.39. The van der Waals surface area contributed by atoms with Crippen molar-refractivity contribution in [3.05, 3.63) is 28.1 Å². The highest BCUT2D eigenvalue weighted by Crippen LogP contribution is 2.18. The van der Waals surface area contributed by atoms with Crippen LogP contribution in [0.1, 0.15) is 30.8 Å². The van der Waals surface area contributed by atoms with Gasteiger partial charge in [0.1, 0.15) is 5.69 Å². The van der Waals surface area contributed by atoms with Crippen molar-refractivity contribution in [2.24, 2.45) is 0 Å². The zero-order valence-corrected chi connectivity index (χ0v) is 11.1. The molecular weight excluding hydrogens is 246 g/mol. The lowest BCUT2D eigenvalue weighted by Gasteiger charge is -2.19. The minimum absolute atomic E-state index is 0.0812. The van der Waals surface area contributed by atoms with Gasteiger partial charge in [0, 0.05) is 19.2 Å². The average molecular weight is 263 g/mol. The second-order valence-electron chi connectivity index (χ2n) is 4.06. The molecule has 102 valence electrons. The van der Waals surface area contributed by atoms with Crippen molar-refractivity contribution in [1.29, 1.82) is 0 Å². The van der Waals surface area contributed by atoms with Gasteiger partial charge in [-0.3, -0.25) is 14.9 Å². The third-order valence-corrected chi connectivity index (χ3v) is 2.72. The highest BCUT2D eigenvalue weighted by Gasteiger charge is 2.22. The van der Waals surface area contributed by atoms with Crippen LogP contribution in [0.2, 0.25) is 0 Å². The summed E-state index contributed by atoms with van der Waals surface area (Å²) in [6, 6.07) is 1.30. The number of carbonyl (C=O) groups is 1. The van der Waals surface area contributed by atoms with Crippen LogP contribution >= 0.6 is 0 Å². The number of aromatic nitrogens is 1. The second kappa shape index (κ2) is 6.59. The fraction of sp³-hybridized carbons (Fsp3) is 0.462. The molecule has 0 unspecified atom stereocenters. The number of hydrogen-bond acceptors (Lipinski definition) is 3. The van der Waals surface area contributed by atoms with E-state index in [9.17, 15) is 14.9 Å². The Hall–Kier alpha value is -2.29. The molecule has 19 heavy (non-hydrogen) atoms. The highest BCUT2D eigenvalue weighted by molar-refractivity contribution is 5.93. The van der Waals surface area contributed by atoms with Crippen LogP contribution in [-0.2, 0) is 6.54 Å². The molecule has 6 heteroatoms. The van der Waals surface area contributed by atoms with Crippen molar-refractivity contribution < 1.29 is 9.72 Å². The summed E-state index contributed by atoms with van der Waals surface area (Å²) in [4.78, 5) is 24.1. The van der Waals surface area contributed by atoms with Gasteiger partial charge in [-0.2, -0.15) is 0 Å². The van der Waals surface area contributed by atoms with E-state index < -0.39 is 4.92 Å². The number of amides is 1. The van der Waals surface area contributed by atoms with Crippen molar-refractivity contribution in [2.75, 3.05) is 13.1 Å². The molecular formula is C13H17N3O3. The van der Waals surface area contributed by atoms with Gasteiger partial charge >= 0.3 is 0 Å². The Balaban J connectivity index is 3.09. The molecule has 6 nitrogen and oxygen atoms in total. The molecule has 0 spiro atoms. The summed E-state index contributed by atoms with van der Waals surface area (Å²) in [7, 11) is 0. The van der Waals surface area contributed by atoms with E-state index in [0.29, 0.717) is 18.8 Å². The summed E-state index contributed by atoms with van der Waals surface area (Å²) >= 11 is 0. The molecule has 0 bridgehead atoms. The van der Waals surface area contributed by atoms with Gasteiger partial charge in [0.25, 0.3) is 11.6 Å². The van der Waals surface area contributed by atoms with E-state index in [-0.39, 0.29) is 18.1 Å². The third-order valence-electron chi connectivity index (χ3n) is 2.72. The van der Waals surface area contributed by atoms with Crippen LogP contribution < -0.4 is 0 Å². The van der Waals surface area contributed by atoms with E-state index in [1.54, 1.807) is 4.57 Å². The zero-order chi connectivity index (χ0) is 14.4. The Kier molecular flexibility index (Phi) is 5.12. The summed E-state index contributed by atoms with van der Waals surface area (Å²) in [5.41, 5.74) is 0.222. The van der Waals surface area contributed by atoms with Crippen LogP contribution in [0.15, 0.2) is 12.3 Å². The van der Waals surface area contributed by atoms with Crippen LogP contribution in [0, 0.1) is 22.5 Å². The van der Waals surface area contributed by atoms with Crippen LogP contribution in [-0.4, -0.2) is 33.4 Å². The quantitative estimate of drug-likeness (QED) is 0.447. The van der Waals surface area contributed by atoms with Crippen molar-refractivity contribution in [3.8, 4) is 12.3 Å². The number of nitrogens with zero attached hydrogens (tertiary/aromatic N) is 3. The topological polar surface area (TPSA) is 68.4 Å². The summed E-state index contributed by atoms with van der Waals surface area (Å²) in [5.74, 6) is 2.16. The predicted octanol–water partition coefficient (Wildman–Crippen LogP) is 1.90. The minimum Gasteiger partial charge on any atom is -0.337 e. The molecule has 0 N–H and O–H groups in total. The van der Waals surface area contributed by atoms with Crippen molar-refractivity contribution in [3.63, 3.8) is 0 Å². The number of nitro groups is 1. The minimum atomic E-state index is -0.506. The second-order valence-corrected chi connectivity index (χ2v) is 4.06. The molecule has 0 saturated carbocycles. The zero-order valence-electron chi connectivity index (χ0n) is 11.1. The number of rotatable bonds is 6. The lowest BCUT2D eigenvalue weighted by atomic mass is 10.3. The molecule has 1 heterocycles. The maximum Gasteiger partial charge on any atom is 0.287 e. The Morgan fingerprint density at radius 2 is 2.26 bits per heavy atom. The Morgan fingerprint density at radius 1 is 1.58 bits per heavy atom. The number of hydrogen-bond donors (Lipinski definition) is 0. The highest BCUT2D eigenvalue weighted by atomic mass is 16.6. The molecule has 1 aromatic rings. The van der Waals surface area contributed by atoms with Gasteiger partial charge in [0.05, 0.1) is 17.7 Å². The van der Waals surface area contributed by atoms with Crippen molar-refractivity contribution >= 4 is 11.6 Å². The molecule has 0 aromatic carbocycles. The first-order chi connectivity index (χ1) is 9.04. The van der Waals surface area contributed by atoms with Gasteiger partial charge in [-0.05, 0) is 13.3 Å². The maximum absolute atomic E-state index is 12.3.